The van der Waals surface area contributed by atoms with Gasteiger partial charge in [-0.25, -0.2) is 9.36 Å². The number of aromatic amines is 1. The number of carbonyl (C=O) groups excluding carboxylic acids is 2. The average molecular weight is 408 g/mol. The summed E-state index contributed by atoms with van der Waals surface area (Å²) in [6.45, 7) is 3.25. The number of aromatic nitrogens is 2. The SMILES string of the molecule is CC(C)[C@@H](NC(=O)[C@@H](Cc1ccccc1)n1c(=O)[nH]c2ccccc2c1=O)C(=O)[O-]. The van der Waals surface area contributed by atoms with E-state index in [1.807, 2.05) is 0 Å². The van der Waals surface area contributed by atoms with Crippen LogP contribution in [0.5, 0.6) is 0 Å². The van der Waals surface area contributed by atoms with E-state index in [4.69, 9.17) is 0 Å². The van der Waals surface area contributed by atoms with Crippen molar-refractivity contribution in [2.24, 2.45) is 5.92 Å². The number of fused-ring (bicyclic) bond motifs is 1. The van der Waals surface area contributed by atoms with Gasteiger partial charge in [-0.05, 0) is 23.6 Å². The molecule has 0 aliphatic carbocycles. The second-order valence-electron chi connectivity index (χ2n) is 7.41. The number of carbonyl (C=O) groups is 2. The van der Waals surface area contributed by atoms with Gasteiger partial charge in [0.15, 0.2) is 0 Å². The fraction of sp³-hybridized carbons (Fsp3) is 0.273. The lowest BCUT2D eigenvalue weighted by Gasteiger charge is -2.26. The van der Waals surface area contributed by atoms with Crippen molar-refractivity contribution in [3.05, 3.63) is 81.0 Å². The number of carboxylic acid groups (broad SMARTS) is 1. The Labute approximate surface area is 172 Å². The number of nitrogens with one attached hydrogen (secondary N) is 2. The van der Waals surface area contributed by atoms with Crippen molar-refractivity contribution in [3.63, 3.8) is 0 Å². The third-order valence-electron chi connectivity index (χ3n) is 4.94. The molecule has 0 fully saturated rings. The van der Waals surface area contributed by atoms with Crippen molar-refractivity contribution in [1.82, 2.24) is 14.9 Å². The monoisotopic (exact) mass is 408 g/mol. The third-order valence-corrected chi connectivity index (χ3v) is 4.94. The first kappa shape index (κ1) is 21.0. The highest BCUT2D eigenvalue weighted by Gasteiger charge is 2.28. The van der Waals surface area contributed by atoms with Gasteiger partial charge < -0.3 is 20.2 Å². The summed E-state index contributed by atoms with van der Waals surface area (Å²) in [5.41, 5.74) is -0.298. The number of rotatable bonds is 7. The largest absolute Gasteiger partial charge is 0.548 e. The van der Waals surface area contributed by atoms with Gasteiger partial charge in [-0.2, -0.15) is 0 Å². The zero-order valence-electron chi connectivity index (χ0n) is 16.6. The van der Waals surface area contributed by atoms with Crippen LogP contribution in [0.25, 0.3) is 10.9 Å². The molecule has 0 saturated heterocycles. The van der Waals surface area contributed by atoms with Crippen molar-refractivity contribution in [2.75, 3.05) is 0 Å². The van der Waals surface area contributed by atoms with E-state index in [0.717, 1.165) is 4.57 Å². The second kappa shape index (κ2) is 8.77. The number of nitrogens with zero attached hydrogens (tertiary/aromatic N) is 1. The Morgan fingerprint density at radius 3 is 2.30 bits per heavy atom. The van der Waals surface area contributed by atoms with E-state index in [1.165, 1.54) is 0 Å². The number of amides is 1. The number of hydrogen-bond acceptors (Lipinski definition) is 5. The van der Waals surface area contributed by atoms with Gasteiger partial charge in [0.2, 0.25) is 5.91 Å². The summed E-state index contributed by atoms with van der Waals surface area (Å²) in [7, 11) is 0. The summed E-state index contributed by atoms with van der Waals surface area (Å²) in [5.74, 6) is -2.62. The van der Waals surface area contributed by atoms with Crippen LogP contribution in [0.4, 0.5) is 0 Å². The summed E-state index contributed by atoms with van der Waals surface area (Å²) >= 11 is 0. The van der Waals surface area contributed by atoms with Gasteiger partial charge in [-0.1, -0.05) is 56.3 Å². The molecule has 0 unspecified atom stereocenters. The van der Waals surface area contributed by atoms with Gasteiger partial charge in [0.1, 0.15) is 6.04 Å². The van der Waals surface area contributed by atoms with E-state index in [1.54, 1.807) is 68.4 Å². The number of aliphatic carboxylic acids is 1. The van der Waals surface area contributed by atoms with Gasteiger partial charge in [-0.3, -0.25) is 9.59 Å². The molecule has 0 aliphatic rings. The number of carboxylic acids is 1. The van der Waals surface area contributed by atoms with Crippen molar-refractivity contribution in [2.45, 2.75) is 32.4 Å². The highest BCUT2D eigenvalue weighted by atomic mass is 16.4. The fourth-order valence-corrected chi connectivity index (χ4v) is 3.34. The van der Waals surface area contributed by atoms with Crippen LogP contribution in [0.2, 0.25) is 0 Å². The lowest BCUT2D eigenvalue weighted by molar-refractivity contribution is -0.309. The first-order valence-corrected chi connectivity index (χ1v) is 9.58. The Morgan fingerprint density at radius 2 is 1.67 bits per heavy atom. The standard InChI is InChI=1S/C22H23N3O5/c1-13(2)18(21(28)29)24-19(26)17(12-14-8-4-3-5-9-14)25-20(27)15-10-6-7-11-16(15)23-22(25)30/h3-11,13,17-18H,12H2,1-2H3,(H,23,30)(H,24,26)(H,28,29)/p-1/t17-,18-/m1/s1. The van der Waals surface area contributed by atoms with E-state index in [2.05, 4.69) is 10.3 Å². The Kier molecular flexibility index (Phi) is 6.15. The molecule has 3 aromatic rings. The van der Waals surface area contributed by atoms with Crippen molar-refractivity contribution in [1.29, 1.82) is 0 Å². The maximum absolute atomic E-state index is 13.1. The summed E-state index contributed by atoms with van der Waals surface area (Å²) < 4.78 is 0.845. The van der Waals surface area contributed by atoms with Crippen molar-refractivity contribution < 1.29 is 14.7 Å². The molecule has 2 N–H and O–H groups in total. The molecule has 1 aromatic heterocycles. The zero-order valence-corrected chi connectivity index (χ0v) is 16.6. The van der Waals surface area contributed by atoms with Crippen LogP contribution in [0.3, 0.4) is 0 Å². The van der Waals surface area contributed by atoms with E-state index in [0.29, 0.717) is 11.1 Å². The van der Waals surface area contributed by atoms with Crippen LogP contribution in [0.15, 0.2) is 64.2 Å². The summed E-state index contributed by atoms with van der Waals surface area (Å²) in [6.07, 6.45) is 0.0336. The van der Waals surface area contributed by atoms with Crippen LogP contribution in [-0.2, 0) is 16.0 Å². The minimum Gasteiger partial charge on any atom is -0.548 e. The summed E-state index contributed by atoms with van der Waals surface area (Å²) in [4.78, 5) is 53.0. The molecule has 1 amide bonds. The first-order valence-electron chi connectivity index (χ1n) is 9.58. The van der Waals surface area contributed by atoms with Crippen LogP contribution in [-0.4, -0.2) is 27.5 Å². The predicted molar refractivity (Wildman–Crippen MR) is 110 cm³/mol. The molecule has 2 atom stereocenters. The minimum atomic E-state index is -1.43. The number of hydrogen-bond donors (Lipinski definition) is 2. The van der Waals surface area contributed by atoms with Crippen molar-refractivity contribution >= 4 is 22.8 Å². The molecule has 3 rings (SSSR count). The maximum atomic E-state index is 13.1. The van der Waals surface area contributed by atoms with E-state index in [9.17, 15) is 24.3 Å². The van der Waals surface area contributed by atoms with E-state index >= 15 is 0 Å². The normalized spacial score (nSPS) is 13.2. The van der Waals surface area contributed by atoms with Crippen LogP contribution < -0.4 is 21.7 Å². The Hall–Kier alpha value is -3.68. The molecule has 8 nitrogen and oxygen atoms in total. The molecular formula is C22H22N3O5-. The van der Waals surface area contributed by atoms with Gasteiger partial charge in [-0.15, -0.1) is 0 Å². The lowest BCUT2D eigenvalue weighted by atomic mass is 10.0. The summed E-state index contributed by atoms with van der Waals surface area (Å²) in [6, 6.07) is 12.9. The molecule has 30 heavy (non-hydrogen) atoms. The number of benzene rings is 2. The van der Waals surface area contributed by atoms with Crippen LogP contribution in [0, 0.1) is 5.92 Å². The number of H-pyrrole nitrogens is 1. The molecule has 0 spiro atoms. The Bertz CT molecular complexity index is 1180. The topological polar surface area (TPSA) is 124 Å². The fourth-order valence-electron chi connectivity index (χ4n) is 3.34. The molecular weight excluding hydrogens is 386 g/mol. The summed E-state index contributed by atoms with van der Waals surface area (Å²) in [5, 5.41) is 14.1. The van der Waals surface area contributed by atoms with Gasteiger partial charge in [0.25, 0.3) is 5.56 Å². The highest BCUT2D eigenvalue weighted by molar-refractivity contribution is 5.86. The molecule has 2 aromatic carbocycles. The minimum absolute atomic E-state index is 0.0336. The quantitative estimate of drug-likeness (QED) is 0.584. The van der Waals surface area contributed by atoms with Crippen LogP contribution >= 0.6 is 0 Å². The average Bonchev–Trinajstić information content (AvgIpc) is 2.71. The van der Waals surface area contributed by atoms with E-state index < -0.39 is 41.1 Å². The maximum Gasteiger partial charge on any atom is 0.329 e. The molecule has 0 radical (unpaired) electrons. The molecule has 0 bridgehead atoms. The molecule has 8 heteroatoms. The molecule has 0 aliphatic heterocycles. The van der Waals surface area contributed by atoms with E-state index in [-0.39, 0.29) is 11.8 Å². The predicted octanol–water partition coefficient (Wildman–Crippen LogP) is 0.364. The smallest absolute Gasteiger partial charge is 0.329 e. The Morgan fingerprint density at radius 1 is 1.03 bits per heavy atom. The molecule has 1 heterocycles. The number of para-hydroxylation sites is 1. The lowest BCUT2D eigenvalue weighted by Crippen LogP contribution is -2.54. The first-order chi connectivity index (χ1) is 14.3. The van der Waals surface area contributed by atoms with Crippen LogP contribution in [0.1, 0.15) is 25.5 Å². The van der Waals surface area contributed by atoms with Gasteiger partial charge in [0.05, 0.1) is 22.9 Å². The van der Waals surface area contributed by atoms with Gasteiger partial charge >= 0.3 is 5.69 Å². The zero-order chi connectivity index (χ0) is 21.8. The molecule has 156 valence electrons. The highest BCUT2D eigenvalue weighted by Crippen LogP contribution is 2.15. The Balaban J connectivity index is 2.12. The van der Waals surface area contributed by atoms with Crippen molar-refractivity contribution in [3.8, 4) is 0 Å². The third kappa shape index (κ3) is 4.32. The van der Waals surface area contributed by atoms with Gasteiger partial charge in [0, 0.05) is 6.42 Å². The second-order valence-corrected chi connectivity index (χ2v) is 7.41. The molecule has 0 saturated carbocycles.